The van der Waals surface area contributed by atoms with Crippen LogP contribution in [0.25, 0.3) is 0 Å². The predicted molar refractivity (Wildman–Crippen MR) is 83.2 cm³/mol. The van der Waals surface area contributed by atoms with Crippen LogP contribution in [0.1, 0.15) is 29.6 Å². The molecular weight excluding hydrogens is 250 g/mol. The molecule has 0 saturated heterocycles. The standard InChI is InChI=1S/C16H21N3O/c1-19(2)15-10-8-14(9-11-15)16(20)18-17-12-13-6-4-3-5-7-13/h3-4,8-13H,5-7H2,1-2H3,(H,18,20). The molecule has 1 atom stereocenters. The summed E-state index contributed by atoms with van der Waals surface area (Å²) < 4.78 is 0. The summed E-state index contributed by atoms with van der Waals surface area (Å²) in [7, 11) is 3.94. The second kappa shape index (κ2) is 6.89. The zero-order valence-electron chi connectivity index (χ0n) is 12.0. The van der Waals surface area contributed by atoms with Gasteiger partial charge in [-0.05, 0) is 49.4 Å². The van der Waals surface area contributed by atoms with Gasteiger partial charge in [0.1, 0.15) is 0 Å². The molecule has 1 unspecified atom stereocenters. The van der Waals surface area contributed by atoms with Crippen molar-refractivity contribution in [1.82, 2.24) is 5.43 Å². The Morgan fingerprint density at radius 1 is 1.30 bits per heavy atom. The number of anilines is 1. The van der Waals surface area contributed by atoms with Crippen LogP contribution in [-0.2, 0) is 0 Å². The van der Waals surface area contributed by atoms with E-state index in [-0.39, 0.29) is 5.91 Å². The van der Waals surface area contributed by atoms with Crippen LogP contribution in [0.4, 0.5) is 5.69 Å². The van der Waals surface area contributed by atoms with Crippen LogP contribution >= 0.6 is 0 Å². The SMILES string of the molecule is CN(C)c1ccc(C(=O)NN=CC2CC=CCC2)cc1. The van der Waals surface area contributed by atoms with Crippen molar-refractivity contribution in [2.24, 2.45) is 11.0 Å². The summed E-state index contributed by atoms with van der Waals surface area (Å²) in [5, 5.41) is 4.06. The van der Waals surface area contributed by atoms with Crippen LogP contribution in [0.3, 0.4) is 0 Å². The molecule has 1 aromatic carbocycles. The molecule has 106 valence electrons. The van der Waals surface area contributed by atoms with Gasteiger partial charge in [-0.3, -0.25) is 4.79 Å². The molecule has 1 aliphatic carbocycles. The predicted octanol–water partition coefficient (Wildman–Crippen LogP) is 2.82. The summed E-state index contributed by atoms with van der Waals surface area (Å²) in [6.07, 6.45) is 9.41. The minimum absolute atomic E-state index is 0.169. The number of benzene rings is 1. The van der Waals surface area contributed by atoms with Crippen LogP contribution in [0, 0.1) is 5.92 Å². The first-order chi connectivity index (χ1) is 9.66. The number of carbonyl (C=O) groups is 1. The van der Waals surface area contributed by atoms with Gasteiger partial charge in [-0.15, -0.1) is 0 Å². The number of carbonyl (C=O) groups excluding carboxylic acids is 1. The molecule has 1 N–H and O–H groups in total. The zero-order chi connectivity index (χ0) is 14.4. The second-order valence-electron chi connectivity index (χ2n) is 5.20. The zero-order valence-corrected chi connectivity index (χ0v) is 12.0. The number of rotatable bonds is 4. The summed E-state index contributed by atoms with van der Waals surface area (Å²) in [5.41, 5.74) is 4.28. The third-order valence-electron chi connectivity index (χ3n) is 3.41. The summed E-state index contributed by atoms with van der Waals surface area (Å²) in [6, 6.07) is 7.46. The summed E-state index contributed by atoms with van der Waals surface area (Å²) in [5.74, 6) is 0.273. The molecule has 1 aromatic rings. The fraction of sp³-hybridized carbons (Fsp3) is 0.375. The van der Waals surface area contributed by atoms with E-state index in [1.165, 1.54) is 0 Å². The highest BCUT2D eigenvalue weighted by atomic mass is 16.2. The lowest BCUT2D eigenvalue weighted by Crippen LogP contribution is -2.19. The molecule has 0 fully saturated rings. The van der Waals surface area contributed by atoms with Gasteiger partial charge in [0.2, 0.25) is 0 Å². The monoisotopic (exact) mass is 271 g/mol. The van der Waals surface area contributed by atoms with Crippen molar-refractivity contribution in [2.75, 3.05) is 19.0 Å². The van der Waals surface area contributed by atoms with Gasteiger partial charge in [-0.25, -0.2) is 5.43 Å². The number of nitrogens with one attached hydrogen (secondary N) is 1. The fourth-order valence-electron chi connectivity index (χ4n) is 2.13. The number of hydrogen-bond acceptors (Lipinski definition) is 3. The maximum absolute atomic E-state index is 11.9. The molecule has 0 saturated carbocycles. The van der Waals surface area contributed by atoms with Crippen molar-refractivity contribution in [2.45, 2.75) is 19.3 Å². The quantitative estimate of drug-likeness (QED) is 0.520. The normalized spacial score (nSPS) is 18.2. The average Bonchev–Trinajstić information content (AvgIpc) is 2.48. The minimum atomic E-state index is -0.169. The van der Waals surface area contributed by atoms with Gasteiger partial charge in [0.15, 0.2) is 0 Å². The average molecular weight is 271 g/mol. The van der Waals surface area contributed by atoms with E-state index in [0.29, 0.717) is 11.5 Å². The topological polar surface area (TPSA) is 44.7 Å². The molecule has 0 bridgehead atoms. The van der Waals surface area contributed by atoms with Crippen molar-refractivity contribution < 1.29 is 4.79 Å². The lowest BCUT2D eigenvalue weighted by atomic mass is 9.96. The second-order valence-corrected chi connectivity index (χ2v) is 5.20. The van der Waals surface area contributed by atoms with E-state index in [2.05, 4.69) is 22.7 Å². The van der Waals surface area contributed by atoms with E-state index in [9.17, 15) is 4.79 Å². The highest BCUT2D eigenvalue weighted by molar-refractivity contribution is 5.94. The highest BCUT2D eigenvalue weighted by Gasteiger charge is 2.07. The van der Waals surface area contributed by atoms with Gasteiger partial charge in [-0.2, -0.15) is 5.10 Å². The Bertz CT molecular complexity index is 503. The lowest BCUT2D eigenvalue weighted by Gasteiger charge is -2.13. The van der Waals surface area contributed by atoms with E-state index in [4.69, 9.17) is 0 Å². The Labute approximate surface area is 120 Å². The van der Waals surface area contributed by atoms with Crippen molar-refractivity contribution in [1.29, 1.82) is 0 Å². The summed E-state index contributed by atoms with van der Waals surface area (Å²) >= 11 is 0. The Morgan fingerprint density at radius 3 is 2.65 bits per heavy atom. The van der Waals surface area contributed by atoms with Crippen molar-refractivity contribution in [3.05, 3.63) is 42.0 Å². The number of hydrogen-bond donors (Lipinski definition) is 1. The molecule has 2 rings (SSSR count). The minimum Gasteiger partial charge on any atom is -0.378 e. The van der Waals surface area contributed by atoms with Crippen LogP contribution in [0.5, 0.6) is 0 Å². The first-order valence-corrected chi connectivity index (χ1v) is 6.92. The van der Waals surface area contributed by atoms with Crippen LogP contribution < -0.4 is 10.3 Å². The first-order valence-electron chi connectivity index (χ1n) is 6.92. The Kier molecular flexibility index (Phi) is 4.93. The van der Waals surface area contributed by atoms with Crippen molar-refractivity contribution >= 4 is 17.8 Å². The number of hydrazone groups is 1. The third-order valence-corrected chi connectivity index (χ3v) is 3.41. The van der Waals surface area contributed by atoms with E-state index in [1.807, 2.05) is 49.5 Å². The number of allylic oxidation sites excluding steroid dienone is 2. The van der Waals surface area contributed by atoms with E-state index in [0.717, 1.165) is 24.9 Å². The molecule has 4 heteroatoms. The van der Waals surface area contributed by atoms with Gasteiger partial charge in [0.05, 0.1) is 0 Å². The number of nitrogens with zero attached hydrogens (tertiary/aromatic N) is 2. The highest BCUT2D eigenvalue weighted by Crippen LogP contribution is 2.15. The smallest absolute Gasteiger partial charge is 0.271 e. The van der Waals surface area contributed by atoms with E-state index in [1.54, 1.807) is 0 Å². The molecule has 0 spiro atoms. The Hall–Kier alpha value is -2.10. The molecule has 1 aliphatic rings. The summed E-state index contributed by atoms with van der Waals surface area (Å²) in [4.78, 5) is 13.9. The summed E-state index contributed by atoms with van der Waals surface area (Å²) in [6.45, 7) is 0. The molecule has 0 radical (unpaired) electrons. The number of amides is 1. The van der Waals surface area contributed by atoms with Gasteiger partial charge in [0.25, 0.3) is 5.91 Å². The van der Waals surface area contributed by atoms with Crippen molar-refractivity contribution in [3.8, 4) is 0 Å². The largest absolute Gasteiger partial charge is 0.378 e. The fourth-order valence-corrected chi connectivity index (χ4v) is 2.13. The van der Waals surface area contributed by atoms with Gasteiger partial charge >= 0.3 is 0 Å². The van der Waals surface area contributed by atoms with Gasteiger partial charge in [0, 0.05) is 31.6 Å². The molecule has 20 heavy (non-hydrogen) atoms. The van der Waals surface area contributed by atoms with E-state index >= 15 is 0 Å². The molecule has 0 heterocycles. The maximum Gasteiger partial charge on any atom is 0.271 e. The van der Waals surface area contributed by atoms with Crippen LogP contribution in [-0.4, -0.2) is 26.2 Å². The van der Waals surface area contributed by atoms with Crippen molar-refractivity contribution in [3.63, 3.8) is 0 Å². The van der Waals surface area contributed by atoms with Crippen LogP contribution in [0.15, 0.2) is 41.5 Å². The Morgan fingerprint density at radius 2 is 2.05 bits per heavy atom. The maximum atomic E-state index is 11.9. The molecule has 4 nitrogen and oxygen atoms in total. The van der Waals surface area contributed by atoms with E-state index < -0.39 is 0 Å². The first kappa shape index (κ1) is 14.3. The molecule has 1 amide bonds. The Balaban J connectivity index is 1.88. The lowest BCUT2D eigenvalue weighted by molar-refractivity contribution is 0.0955. The molecule has 0 aromatic heterocycles. The van der Waals surface area contributed by atoms with Gasteiger partial charge in [-0.1, -0.05) is 12.2 Å². The third kappa shape index (κ3) is 3.95. The van der Waals surface area contributed by atoms with Crippen LogP contribution in [0.2, 0.25) is 0 Å². The molecule has 0 aliphatic heterocycles. The molecular formula is C16H21N3O. The van der Waals surface area contributed by atoms with Gasteiger partial charge < -0.3 is 4.90 Å².